The lowest BCUT2D eigenvalue weighted by molar-refractivity contribution is -0.198. The Morgan fingerprint density at radius 1 is 1.24 bits per heavy atom. The van der Waals surface area contributed by atoms with E-state index in [9.17, 15) is 0 Å². The molecule has 0 unspecified atom stereocenters. The summed E-state index contributed by atoms with van der Waals surface area (Å²) in [5.41, 5.74) is -0.133. The van der Waals surface area contributed by atoms with Crippen molar-refractivity contribution in [2.24, 2.45) is 0 Å². The lowest BCUT2D eigenvalue weighted by atomic mass is 10.0. The van der Waals surface area contributed by atoms with Crippen LogP contribution in [0.4, 0.5) is 0 Å². The van der Waals surface area contributed by atoms with Crippen molar-refractivity contribution >= 4 is 0 Å². The summed E-state index contributed by atoms with van der Waals surface area (Å²) in [6.07, 6.45) is 4.81. The largest absolute Gasteiger partial charge is 0.372 e. The van der Waals surface area contributed by atoms with E-state index >= 15 is 0 Å². The molecule has 1 fully saturated rings. The average molecular weight is 302 g/mol. The molecule has 1 rings (SSSR count). The predicted molar refractivity (Wildman–Crippen MR) is 85.1 cm³/mol. The highest BCUT2D eigenvalue weighted by Crippen LogP contribution is 2.23. The third kappa shape index (κ3) is 8.12. The fourth-order valence-corrected chi connectivity index (χ4v) is 2.74. The zero-order valence-electron chi connectivity index (χ0n) is 14.6. The molecule has 1 aliphatic heterocycles. The van der Waals surface area contributed by atoms with Crippen LogP contribution in [0.1, 0.15) is 46.5 Å². The van der Waals surface area contributed by atoms with Gasteiger partial charge in [0.15, 0.2) is 0 Å². The maximum atomic E-state index is 6.29. The van der Waals surface area contributed by atoms with Gasteiger partial charge in [-0.05, 0) is 39.7 Å². The van der Waals surface area contributed by atoms with Crippen LogP contribution in [0.15, 0.2) is 0 Å². The van der Waals surface area contributed by atoms with Crippen LogP contribution in [0.2, 0.25) is 0 Å². The minimum atomic E-state index is -0.133. The number of nitrogens with zero attached hydrogens (tertiary/aromatic N) is 2. The normalized spacial score (nSPS) is 18.6. The molecule has 1 aliphatic rings. The number of ether oxygens (including phenoxy) is 2. The molecule has 0 spiro atoms. The van der Waals surface area contributed by atoms with E-state index in [0.29, 0.717) is 19.4 Å². The second-order valence-electron chi connectivity index (χ2n) is 6.55. The Kier molecular flexibility index (Phi) is 8.74. The molecule has 0 bridgehead atoms. The van der Waals surface area contributed by atoms with Crippen molar-refractivity contribution in [2.45, 2.75) is 58.2 Å². The minimum Gasteiger partial charge on any atom is -0.372 e. The third-order valence-corrected chi connectivity index (χ3v) is 3.89. The summed E-state index contributed by atoms with van der Waals surface area (Å²) in [5.74, 6) is 0. The van der Waals surface area contributed by atoms with Crippen molar-refractivity contribution < 1.29 is 14.3 Å². The van der Waals surface area contributed by atoms with Crippen molar-refractivity contribution in [2.75, 3.05) is 47.1 Å². The maximum absolute atomic E-state index is 6.29. The number of likely N-dealkylation sites (tertiary alicyclic amines) is 1. The van der Waals surface area contributed by atoms with E-state index in [1.54, 1.807) is 12.2 Å². The van der Waals surface area contributed by atoms with Crippen LogP contribution in [0.3, 0.4) is 0 Å². The smallest absolute Gasteiger partial charge is 0.121 e. The molecule has 0 amide bonds. The van der Waals surface area contributed by atoms with Gasteiger partial charge in [-0.3, -0.25) is 4.84 Å². The first kappa shape index (κ1) is 18.8. The highest BCUT2D eigenvalue weighted by molar-refractivity contribution is 4.77. The van der Waals surface area contributed by atoms with Crippen LogP contribution in [0, 0.1) is 0 Å². The lowest BCUT2D eigenvalue weighted by Gasteiger charge is -2.37. The molecule has 0 aromatic heterocycles. The van der Waals surface area contributed by atoms with Crippen molar-refractivity contribution in [3.05, 3.63) is 0 Å². The summed E-state index contributed by atoms with van der Waals surface area (Å²) in [6, 6.07) is 0. The first-order valence-corrected chi connectivity index (χ1v) is 8.20. The molecule has 5 heteroatoms. The second-order valence-corrected chi connectivity index (χ2v) is 6.55. The Morgan fingerprint density at radius 2 is 1.90 bits per heavy atom. The van der Waals surface area contributed by atoms with Crippen LogP contribution < -0.4 is 0 Å². The molecule has 126 valence electrons. The number of hydroxylamine groups is 2. The summed E-state index contributed by atoms with van der Waals surface area (Å²) >= 11 is 0. The van der Waals surface area contributed by atoms with Gasteiger partial charge in [-0.2, -0.15) is 5.06 Å². The lowest BCUT2D eigenvalue weighted by Crippen LogP contribution is -2.41. The van der Waals surface area contributed by atoms with E-state index in [4.69, 9.17) is 14.3 Å². The molecular weight excluding hydrogens is 268 g/mol. The Balaban J connectivity index is 2.20. The molecule has 21 heavy (non-hydrogen) atoms. The summed E-state index contributed by atoms with van der Waals surface area (Å²) in [6.45, 7) is 11.3. The molecule has 5 nitrogen and oxygen atoms in total. The number of hydrogen-bond acceptors (Lipinski definition) is 5. The van der Waals surface area contributed by atoms with Gasteiger partial charge >= 0.3 is 0 Å². The Bertz CT molecular complexity index is 266. The van der Waals surface area contributed by atoms with Gasteiger partial charge in [-0.15, -0.1) is 0 Å². The zero-order chi connectivity index (χ0) is 15.7. The third-order valence-electron chi connectivity index (χ3n) is 3.89. The molecule has 0 aromatic carbocycles. The summed E-state index contributed by atoms with van der Waals surface area (Å²) < 4.78 is 11.3. The Hall–Kier alpha value is -0.200. The van der Waals surface area contributed by atoms with Crippen LogP contribution in [-0.4, -0.2) is 68.8 Å². The quantitative estimate of drug-likeness (QED) is 0.457. The summed E-state index contributed by atoms with van der Waals surface area (Å²) in [5, 5.41) is 1.71. The molecule has 1 heterocycles. The van der Waals surface area contributed by atoms with Crippen LogP contribution in [-0.2, 0) is 14.3 Å². The van der Waals surface area contributed by atoms with Crippen LogP contribution >= 0.6 is 0 Å². The van der Waals surface area contributed by atoms with Gasteiger partial charge in [0.05, 0.1) is 18.3 Å². The van der Waals surface area contributed by atoms with Gasteiger partial charge in [0.25, 0.3) is 0 Å². The maximum Gasteiger partial charge on any atom is 0.121 e. The summed E-state index contributed by atoms with van der Waals surface area (Å²) in [4.78, 5) is 8.11. The van der Waals surface area contributed by atoms with Crippen molar-refractivity contribution in [3.63, 3.8) is 0 Å². The average Bonchev–Trinajstić information content (AvgIpc) is 2.41. The molecule has 0 radical (unpaired) electrons. The summed E-state index contributed by atoms with van der Waals surface area (Å²) in [7, 11) is 3.54. The first-order valence-electron chi connectivity index (χ1n) is 8.20. The monoisotopic (exact) mass is 302 g/mol. The van der Waals surface area contributed by atoms with E-state index in [0.717, 1.165) is 19.3 Å². The fourth-order valence-electron chi connectivity index (χ4n) is 2.74. The minimum absolute atomic E-state index is 0.133. The van der Waals surface area contributed by atoms with Crippen LogP contribution in [0.5, 0.6) is 0 Å². The van der Waals surface area contributed by atoms with Crippen molar-refractivity contribution in [3.8, 4) is 0 Å². The Morgan fingerprint density at radius 3 is 2.48 bits per heavy atom. The highest BCUT2D eigenvalue weighted by Gasteiger charge is 2.27. The standard InChI is InChI=1S/C16H34N2O3/c1-6-10-18-11-7-15(8-12-18)21-16(2,3)9-13-20-17(4)14-19-5/h15H,6-14H2,1-5H3. The van der Waals surface area contributed by atoms with Crippen molar-refractivity contribution in [1.82, 2.24) is 9.96 Å². The van der Waals surface area contributed by atoms with E-state index in [1.807, 2.05) is 7.05 Å². The molecular formula is C16H34N2O3. The number of piperidine rings is 1. The van der Waals surface area contributed by atoms with Crippen LogP contribution in [0.25, 0.3) is 0 Å². The highest BCUT2D eigenvalue weighted by atomic mass is 16.7. The van der Waals surface area contributed by atoms with E-state index in [2.05, 4.69) is 25.7 Å². The van der Waals surface area contributed by atoms with Gasteiger partial charge in [0.2, 0.25) is 0 Å². The fraction of sp³-hybridized carbons (Fsp3) is 1.00. The molecule has 0 atom stereocenters. The molecule has 0 N–H and O–H groups in total. The topological polar surface area (TPSA) is 34.2 Å². The molecule has 0 aliphatic carbocycles. The SMILES string of the molecule is CCCN1CCC(OC(C)(C)CCON(C)COC)CC1. The van der Waals surface area contributed by atoms with E-state index in [1.165, 1.54) is 26.1 Å². The molecule has 1 saturated heterocycles. The number of methoxy groups -OCH3 is 1. The van der Waals surface area contributed by atoms with E-state index in [-0.39, 0.29) is 5.60 Å². The van der Waals surface area contributed by atoms with Gasteiger partial charge in [0.1, 0.15) is 6.73 Å². The van der Waals surface area contributed by atoms with Gasteiger partial charge in [-0.1, -0.05) is 6.92 Å². The number of rotatable bonds is 10. The predicted octanol–water partition coefficient (Wildman–Crippen LogP) is 2.51. The molecule has 0 aromatic rings. The van der Waals surface area contributed by atoms with Gasteiger partial charge in [0, 0.05) is 33.7 Å². The zero-order valence-corrected chi connectivity index (χ0v) is 14.6. The van der Waals surface area contributed by atoms with Gasteiger partial charge < -0.3 is 14.4 Å². The van der Waals surface area contributed by atoms with Crippen molar-refractivity contribution in [1.29, 1.82) is 0 Å². The first-order chi connectivity index (χ1) is 9.96. The van der Waals surface area contributed by atoms with Gasteiger partial charge in [-0.25, -0.2) is 0 Å². The molecule has 0 saturated carbocycles. The number of hydrogen-bond donors (Lipinski definition) is 0. The van der Waals surface area contributed by atoms with E-state index < -0.39 is 0 Å². The second kappa shape index (κ2) is 9.74. The Labute approximate surface area is 130 Å².